The molecule has 0 spiro atoms. The Balaban J connectivity index is 0.000000236. The number of aromatic hydroxyl groups is 1. The molecule has 0 amide bonds. The molecule has 4 aromatic carbocycles. The Kier molecular flexibility index (Phi) is 12.8. The van der Waals surface area contributed by atoms with Crippen LogP contribution in [0, 0.1) is 0 Å². The summed E-state index contributed by atoms with van der Waals surface area (Å²) in [5, 5.41) is 46.5. The zero-order valence-corrected chi connectivity index (χ0v) is 24.0. The van der Waals surface area contributed by atoms with Crippen molar-refractivity contribution in [2.24, 2.45) is 0 Å². The van der Waals surface area contributed by atoms with Gasteiger partial charge in [-0.1, -0.05) is 30.3 Å². The molecule has 0 bridgehead atoms. The largest absolute Gasteiger partial charge is 0.508 e. The Morgan fingerprint density at radius 1 is 0.581 bits per heavy atom. The molecule has 0 aliphatic heterocycles. The summed E-state index contributed by atoms with van der Waals surface area (Å²) in [4.78, 5) is 14.8. The third kappa shape index (κ3) is 9.19. The molecule has 0 heterocycles. The highest BCUT2D eigenvalue weighted by Gasteiger charge is 2.14. The predicted molar refractivity (Wildman–Crippen MR) is 172 cm³/mol. The summed E-state index contributed by atoms with van der Waals surface area (Å²) in [5.41, 5.74) is 18.7. The van der Waals surface area contributed by atoms with E-state index in [1.807, 2.05) is 52.3 Å². The van der Waals surface area contributed by atoms with E-state index in [1.54, 1.807) is 42.5 Å². The van der Waals surface area contributed by atoms with Crippen molar-refractivity contribution in [3.63, 3.8) is 0 Å². The maximum atomic E-state index is 11.0. The zero-order valence-electron chi connectivity index (χ0n) is 24.0. The van der Waals surface area contributed by atoms with Crippen molar-refractivity contribution in [1.82, 2.24) is 0 Å². The van der Waals surface area contributed by atoms with Crippen LogP contribution in [0.3, 0.4) is 0 Å². The van der Waals surface area contributed by atoms with Gasteiger partial charge in [0, 0.05) is 65.6 Å². The highest BCUT2D eigenvalue weighted by atomic mass is 16.3. The van der Waals surface area contributed by atoms with Crippen LogP contribution in [0.4, 0.5) is 22.7 Å². The van der Waals surface area contributed by atoms with E-state index in [1.165, 1.54) is 0 Å². The van der Waals surface area contributed by atoms with E-state index in [2.05, 4.69) is 0 Å². The van der Waals surface area contributed by atoms with Crippen molar-refractivity contribution in [1.29, 1.82) is 0 Å². The second-order valence-corrected chi connectivity index (χ2v) is 9.72. The first-order valence-electron chi connectivity index (χ1n) is 13.9. The summed E-state index contributed by atoms with van der Waals surface area (Å²) in [6, 6.07) is 25.1. The summed E-state index contributed by atoms with van der Waals surface area (Å²) in [5.74, 6) is 0.178. The lowest BCUT2D eigenvalue weighted by molar-refractivity contribution is 0.112. The molecule has 0 unspecified atom stereocenters. The van der Waals surface area contributed by atoms with Crippen LogP contribution in [-0.4, -0.2) is 84.4 Å². The van der Waals surface area contributed by atoms with Crippen molar-refractivity contribution in [2.75, 3.05) is 73.9 Å². The number of aliphatic hydroxyl groups excluding tert-OH is 4. The Hall–Kier alpha value is -4.61. The van der Waals surface area contributed by atoms with Crippen LogP contribution in [0.25, 0.3) is 22.3 Å². The third-order valence-electron chi connectivity index (χ3n) is 6.69. The van der Waals surface area contributed by atoms with Crippen LogP contribution in [0.2, 0.25) is 0 Å². The number of phenols is 1. The minimum Gasteiger partial charge on any atom is -0.508 e. The molecule has 0 saturated carbocycles. The molecule has 0 aliphatic rings. The number of phenolic OH excluding ortho intramolecular Hbond substituents is 1. The smallest absolute Gasteiger partial charge is 0.150 e. The number of anilines is 4. The van der Waals surface area contributed by atoms with E-state index < -0.39 is 0 Å². The standard InChI is InChI=1S/C17H20N2O3.C16H20N2O3/c18-15-4-5-17(19(6-8-20)7-9-21)16(11-15)14-3-1-2-13(10-14)12-22;17-13-4-5-16(18(6-8-19)7-9-20)15(11-13)12-2-1-3-14(21)10-12/h1-5,10-12,20-21H,6-9,18H2;1-5,10-11,19-21H,6-9,17H2. The van der Waals surface area contributed by atoms with Crippen molar-refractivity contribution in [2.45, 2.75) is 0 Å². The lowest BCUT2D eigenvalue weighted by Gasteiger charge is -2.26. The number of rotatable bonds is 13. The zero-order chi connectivity index (χ0) is 31.2. The molecule has 10 nitrogen and oxygen atoms in total. The van der Waals surface area contributed by atoms with Gasteiger partial charge in [0.2, 0.25) is 0 Å². The summed E-state index contributed by atoms with van der Waals surface area (Å²) in [6.45, 7) is 1.59. The van der Waals surface area contributed by atoms with Gasteiger partial charge in [-0.05, 0) is 65.7 Å². The molecule has 9 N–H and O–H groups in total. The van der Waals surface area contributed by atoms with Crippen LogP contribution in [0.1, 0.15) is 10.4 Å². The maximum Gasteiger partial charge on any atom is 0.150 e. The molecule has 4 aromatic rings. The molecule has 0 radical (unpaired) electrons. The lowest BCUT2D eigenvalue weighted by atomic mass is 10.00. The molecular weight excluding hydrogens is 548 g/mol. The molecule has 0 aliphatic carbocycles. The van der Waals surface area contributed by atoms with Gasteiger partial charge in [0.15, 0.2) is 0 Å². The fourth-order valence-electron chi connectivity index (χ4n) is 4.76. The molecule has 0 atom stereocenters. The summed E-state index contributed by atoms with van der Waals surface area (Å²) in [6.07, 6.45) is 0.800. The summed E-state index contributed by atoms with van der Waals surface area (Å²) in [7, 11) is 0. The molecule has 228 valence electrons. The number of carbonyl (C=O) groups excluding carboxylic acids is 1. The molecular formula is C33H40N4O6. The number of nitrogen functional groups attached to an aromatic ring is 2. The molecule has 0 aromatic heterocycles. The number of benzene rings is 4. The minimum atomic E-state index is -0.0157. The number of nitrogens with zero attached hydrogens (tertiary/aromatic N) is 2. The topological polar surface area (TPSA) is 177 Å². The highest BCUT2D eigenvalue weighted by Crippen LogP contribution is 2.35. The fraction of sp³-hybridized carbons (Fsp3) is 0.242. The highest BCUT2D eigenvalue weighted by molar-refractivity contribution is 5.85. The first kappa shape index (κ1) is 32.9. The molecule has 0 fully saturated rings. The van der Waals surface area contributed by atoms with Gasteiger partial charge in [-0.2, -0.15) is 0 Å². The number of hydrogen-bond acceptors (Lipinski definition) is 10. The van der Waals surface area contributed by atoms with Gasteiger partial charge in [0.05, 0.1) is 26.4 Å². The van der Waals surface area contributed by atoms with Crippen molar-refractivity contribution >= 4 is 29.0 Å². The monoisotopic (exact) mass is 588 g/mol. The van der Waals surface area contributed by atoms with Gasteiger partial charge < -0.3 is 46.8 Å². The number of aldehydes is 1. The van der Waals surface area contributed by atoms with E-state index in [0.29, 0.717) is 43.1 Å². The average Bonchev–Trinajstić information content (AvgIpc) is 3.01. The van der Waals surface area contributed by atoms with Crippen molar-refractivity contribution < 1.29 is 30.3 Å². The maximum absolute atomic E-state index is 11.0. The first-order valence-corrected chi connectivity index (χ1v) is 13.9. The van der Waals surface area contributed by atoms with E-state index >= 15 is 0 Å². The van der Waals surface area contributed by atoms with E-state index in [0.717, 1.165) is 39.9 Å². The molecule has 4 rings (SSSR count). The van der Waals surface area contributed by atoms with Gasteiger partial charge in [-0.25, -0.2) is 0 Å². The predicted octanol–water partition coefficient (Wildman–Crippen LogP) is 2.97. The third-order valence-corrected chi connectivity index (χ3v) is 6.69. The lowest BCUT2D eigenvalue weighted by Crippen LogP contribution is -2.30. The number of carbonyl (C=O) groups is 1. The van der Waals surface area contributed by atoms with Gasteiger partial charge in [-0.3, -0.25) is 4.79 Å². The van der Waals surface area contributed by atoms with Gasteiger partial charge in [0.1, 0.15) is 12.0 Å². The number of hydrogen-bond donors (Lipinski definition) is 7. The van der Waals surface area contributed by atoms with Crippen LogP contribution >= 0.6 is 0 Å². The van der Waals surface area contributed by atoms with Crippen LogP contribution in [0.15, 0.2) is 84.9 Å². The van der Waals surface area contributed by atoms with E-state index in [-0.39, 0.29) is 32.2 Å². The molecule has 0 saturated heterocycles. The number of nitrogens with two attached hydrogens (primary N) is 2. The average molecular weight is 589 g/mol. The van der Waals surface area contributed by atoms with E-state index in [4.69, 9.17) is 11.5 Å². The Bertz CT molecular complexity index is 1450. The fourth-order valence-corrected chi connectivity index (χ4v) is 4.76. The van der Waals surface area contributed by atoms with Crippen molar-refractivity contribution in [3.8, 4) is 28.0 Å². The Labute approximate surface area is 251 Å². The number of aliphatic hydroxyl groups is 4. The summed E-state index contributed by atoms with van der Waals surface area (Å²) < 4.78 is 0. The minimum absolute atomic E-state index is 0.0101. The summed E-state index contributed by atoms with van der Waals surface area (Å²) >= 11 is 0. The van der Waals surface area contributed by atoms with Crippen LogP contribution in [-0.2, 0) is 0 Å². The van der Waals surface area contributed by atoms with Crippen LogP contribution < -0.4 is 21.3 Å². The Morgan fingerprint density at radius 3 is 1.44 bits per heavy atom. The van der Waals surface area contributed by atoms with E-state index in [9.17, 15) is 30.3 Å². The quantitative estimate of drug-likeness (QED) is 0.0908. The SMILES string of the molecule is Nc1ccc(N(CCO)CCO)c(-c2cccc(C=O)c2)c1.Nc1ccc(N(CCO)CCO)c(-c2cccc(O)c2)c1. The first-order chi connectivity index (χ1) is 20.8. The molecule has 43 heavy (non-hydrogen) atoms. The van der Waals surface area contributed by atoms with Gasteiger partial charge >= 0.3 is 0 Å². The second-order valence-electron chi connectivity index (χ2n) is 9.72. The Morgan fingerprint density at radius 2 is 1.02 bits per heavy atom. The molecule has 10 heteroatoms. The normalized spacial score (nSPS) is 10.5. The van der Waals surface area contributed by atoms with Gasteiger partial charge in [0.25, 0.3) is 0 Å². The second kappa shape index (κ2) is 16.7. The van der Waals surface area contributed by atoms with Crippen LogP contribution in [0.5, 0.6) is 5.75 Å². The van der Waals surface area contributed by atoms with Gasteiger partial charge in [-0.15, -0.1) is 0 Å². The van der Waals surface area contributed by atoms with Crippen molar-refractivity contribution in [3.05, 3.63) is 90.5 Å².